The van der Waals surface area contributed by atoms with E-state index in [-0.39, 0.29) is 11.8 Å². The molecular weight excluding hydrogens is 353 g/mol. The predicted molar refractivity (Wildman–Crippen MR) is 85.1 cm³/mol. The number of halogens is 2. The zero-order valence-electron chi connectivity index (χ0n) is 12.7. The molecule has 2 rings (SSSR count). The SMILES string of the molecule is CN(C)C(=O)CN1CCN(C(=O)c2cc(F)cc(Br)c2)CC1. The van der Waals surface area contributed by atoms with Crippen LogP contribution in [0, 0.1) is 5.82 Å². The van der Waals surface area contributed by atoms with Crippen LogP contribution in [0.1, 0.15) is 10.4 Å². The van der Waals surface area contributed by atoms with Crippen molar-refractivity contribution in [1.82, 2.24) is 14.7 Å². The Labute approximate surface area is 137 Å². The summed E-state index contributed by atoms with van der Waals surface area (Å²) < 4.78 is 13.9. The number of nitrogens with zero attached hydrogens (tertiary/aromatic N) is 3. The van der Waals surface area contributed by atoms with E-state index < -0.39 is 5.82 Å². The number of piperazine rings is 1. The molecule has 0 N–H and O–H groups in total. The topological polar surface area (TPSA) is 43.9 Å². The molecule has 7 heteroatoms. The zero-order chi connectivity index (χ0) is 16.3. The Morgan fingerprint density at radius 2 is 1.82 bits per heavy atom. The van der Waals surface area contributed by atoms with E-state index in [0.29, 0.717) is 42.8 Å². The van der Waals surface area contributed by atoms with Gasteiger partial charge in [0.05, 0.1) is 6.54 Å². The van der Waals surface area contributed by atoms with Crippen LogP contribution in [0.3, 0.4) is 0 Å². The predicted octanol–water partition coefficient (Wildman–Crippen LogP) is 1.43. The molecule has 0 atom stereocenters. The Balaban J connectivity index is 1.93. The molecule has 1 heterocycles. The fourth-order valence-electron chi connectivity index (χ4n) is 2.30. The first-order chi connectivity index (χ1) is 10.4. The summed E-state index contributed by atoms with van der Waals surface area (Å²) in [5.74, 6) is -0.569. The standard InChI is InChI=1S/C15H19BrFN3O2/c1-18(2)14(21)10-19-3-5-20(6-4-19)15(22)11-7-12(16)9-13(17)8-11/h7-9H,3-6,10H2,1-2H3. The molecule has 0 saturated carbocycles. The summed E-state index contributed by atoms with van der Waals surface area (Å²) in [6.45, 7) is 2.71. The van der Waals surface area contributed by atoms with E-state index in [1.54, 1.807) is 30.0 Å². The molecule has 1 fully saturated rings. The second-order valence-corrected chi connectivity index (χ2v) is 6.43. The smallest absolute Gasteiger partial charge is 0.254 e. The molecule has 1 aliphatic heterocycles. The lowest BCUT2D eigenvalue weighted by Gasteiger charge is -2.34. The molecular formula is C15H19BrFN3O2. The molecule has 0 radical (unpaired) electrons. The largest absolute Gasteiger partial charge is 0.348 e. The maximum atomic E-state index is 13.4. The van der Waals surface area contributed by atoms with Crippen LogP contribution < -0.4 is 0 Å². The van der Waals surface area contributed by atoms with Crippen molar-refractivity contribution >= 4 is 27.7 Å². The molecule has 0 aromatic heterocycles. The third-order valence-electron chi connectivity index (χ3n) is 3.63. The highest BCUT2D eigenvalue weighted by atomic mass is 79.9. The average molecular weight is 372 g/mol. The minimum absolute atomic E-state index is 0.0498. The molecule has 120 valence electrons. The van der Waals surface area contributed by atoms with E-state index in [1.807, 2.05) is 4.90 Å². The number of rotatable bonds is 3. The van der Waals surface area contributed by atoms with Gasteiger partial charge in [-0.2, -0.15) is 0 Å². The highest BCUT2D eigenvalue weighted by molar-refractivity contribution is 9.10. The maximum absolute atomic E-state index is 13.4. The summed E-state index contributed by atoms with van der Waals surface area (Å²) >= 11 is 3.19. The maximum Gasteiger partial charge on any atom is 0.254 e. The first-order valence-electron chi connectivity index (χ1n) is 7.04. The van der Waals surface area contributed by atoms with Gasteiger partial charge >= 0.3 is 0 Å². The highest BCUT2D eigenvalue weighted by Gasteiger charge is 2.24. The van der Waals surface area contributed by atoms with Gasteiger partial charge in [0, 0.05) is 50.3 Å². The molecule has 2 amide bonds. The van der Waals surface area contributed by atoms with Crippen LogP contribution in [0.25, 0.3) is 0 Å². The highest BCUT2D eigenvalue weighted by Crippen LogP contribution is 2.17. The van der Waals surface area contributed by atoms with Crippen molar-refractivity contribution < 1.29 is 14.0 Å². The number of likely N-dealkylation sites (N-methyl/N-ethyl adjacent to an activating group) is 1. The Morgan fingerprint density at radius 3 is 2.36 bits per heavy atom. The van der Waals surface area contributed by atoms with Gasteiger partial charge < -0.3 is 9.80 Å². The molecule has 0 bridgehead atoms. The van der Waals surface area contributed by atoms with Gasteiger partial charge in [-0.1, -0.05) is 15.9 Å². The van der Waals surface area contributed by atoms with E-state index in [9.17, 15) is 14.0 Å². The van der Waals surface area contributed by atoms with Crippen LogP contribution in [-0.4, -0.2) is 73.3 Å². The van der Waals surface area contributed by atoms with Gasteiger partial charge in [-0.05, 0) is 18.2 Å². The van der Waals surface area contributed by atoms with Crippen molar-refractivity contribution in [3.8, 4) is 0 Å². The monoisotopic (exact) mass is 371 g/mol. The molecule has 5 nitrogen and oxygen atoms in total. The molecule has 1 aromatic rings. The van der Waals surface area contributed by atoms with Gasteiger partial charge in [0.15, 0.2) is 0 Å². The van der Waals surface area contributed by atoms with E-state index in [0.717, 1.165) is 0 Å². The summed E-state index contributed by atoms with van der Waals surface area (Å²) in [6, 6.07) is 4.18. The minimum Gasteiger partial charge on any atom is -0.348 e. The van der Waals surface area contributed by atoms with Crippen LogP contribution >= 0.6 is 15.9 Å². The van der Waals surface area contributed by atoms with Crippen molar-refractivity contribution in [2.75, 3.05) is 46.8 Å². The lowest BCUT2D eigenvalue weighted by molar-refractivity contribution is -0.130. The summed E-state index contributed by atoms with van der Waals surface area (Å²) in [7, 11) is 3.45. The lowest BCUT2D eigenvalue weighted by Crippen LogP contribution is -2.51. The van der Waals surface area contributed by atoms with Crippen molar-refractivity contribution in [2.45, 2.75) is 0 Å². The van der Waals surface area contributed by atoms with Crippen molar-refractivity contribution in [3.63, 3.8) is 0 Å². The van der Waals surface area contributed by atoms with E-state index >= 15 is 0 Å². The first kappa shape index (κ1) is 16.9. The van der Waals surface area contributed by atoms with E-state index in [4.69, 9.17) is 0 Å². The molecule has 0 spiro atoms. The summed E-state index contributed by atoms with van der Waals surface area (Å²) in [6.07, 6.45) is 0. The van der Waals surface area contributed by atoms with Crippen molar-refractivity contribution in [3.05, 3.63) is 34.1 Å². The zero-order valence-corrected chi connectivity index (χ0v) is 14.3. The Morgan fingerprint density at radius 1 is 1.18 bits per heavy atom. The van der Waals surface area contributed by atoms with Crippen LogP contribution in [0.2, 0.25) is 0 Å². The van der Waals surface area contributed by atoms with Gasteiger partial charge in [-0.25, -0.2) is 4.39 Å². The number of carbonyl (C=O) groups is 2. The van der Waals surface area contributed by atoms with E-state index in [2.05, 4.69) is 15.9 Å². The summed E-state index contributed by atoms with van der Waals surface area (Å²) in [5, 5.41) is 0. The third-order valence-corrected chi connectivity index (χ3v) is 4.08. The number of carbonyl (C=O) groups excluding carboxylic acids is 2. The molecule has 0 unspecified atom stereocenters. The first-order valence-corrected chi connectivity index (χ1v) is 7.84. The second kappa shape index (κ2) is 7.19. The molecule has 0 aliphatic carbocycles. The average Bonchev–Trinajstić information content (AvgIpc) is 2.46. The van der Waals surface area contributed by atoms with Crippen LogP contribution in [0.15, 0.2) is 22.7 Å². The number of hydrogen-bond donors (Lipinski definition) is 0. The van der Waals surface area contributed by atoms with Crippen LogP contribution in [0.5, 0.6) is 0 Å². The number of hydrogen-bond acceptors (Lipinski definition) is 3. The Kier molecular flexibility index (Phi) is 5.52. The van der Waals surface area contributed by atoms with Crippen LogP contribution in [-0.2, 0) is 4.79 Å². The normalized spacial score (nSPS) is 15.7. The van der Waals surface area contributed by atoms with Gasteiger partial charge in [0.2, 0.25) is 5.91 Å². The fraction of sp³-hybridized carbons (Fsp3) is 0.467. The van der Waals surface area contributed by atoms with Gasteiger partial charge in [0.25, 0.3) is 5.91 Å². The molecule has 1 aromatic carbocycles. The van der Waals surface area contributed by atoms with Gasteiger partial charge in [-0.3, -0.25) is 14.5 Å². The van der Waals surface area contributed by atoms with Gasteiger partial charge in [0.1, 0.15) is 5.82 Å². The van der Waals surface area contributed by atoms with Crippen molar-refractivity contribution in [1.29, 1.82) is 0 Å². The van der Waals surface area contributed by atoms with E-state index in [1.165, 1.54) is 12.1 Å². The quantitative estimate of drug-likeness (QED) is 0.807. The lowest BCUT2D eigenvalue weighted by atomic mass is 10.1. The third kappa shape index (κ3) is 4.27. The minimum atomic E-state index is -0.437. The molecule has 1 aliphatic rings. The Hall–Kier alpha value is -1.47. The fourth-order valence-corrected chi connectivity index (χ4v) is 2.77. The molecule has 22 heavy (non-hydrogen) atoms. The number of amides is 2. The Bertz CT molecular complexity index is 552. The second-order valence-electron chi connectivity index (χ2n) is 5.51. The molecule has 1 saturated heterocycles. The summed E-state index contributed by atoms with van der Waals surface area (Å²) in [5.41, 5.74) is 0.338. The van der Waals surface area contributed by atoms with Crippen molar-refractivity contribution in [2.24, 2.45) is 0 Å². The van der Waals surface area contributed by atoms with Gasteiger partial charge in [-0.15, -0.1) is 0 Å². The van der Waals surface area contributed by atoms with Crippen LogP contribution in [0.4, 0.5) is 4.39 Å². The summed E-state index contributed by atoms with van der Waals surface area (Å²) in [4.78, 5) is 29.3. The number of benzene rings is 1.